The molecular formula is C13H16N2O4. The number of carboxylic acid groups (broad SMARTS) is 1. The summed E-state index contributed by atoms with van der Waals surface area (Å²) in [5.41, 5.74) is 0.972. The molecule has 2 rings (SSSR count). The number of nitrogens with one attached hydrogen (secondary N) is 2. The van der Waals surface area contributed by atoms with E-state index >= 15 is 0 Å². The van der Waals surface area contributed by atoms with Gasteiger partial charge in [-0.3, -0.25) is 4.79 Å². The van der Waals surface area contributed by atoms with E-state index < -0.39 is 12.1 Å². The molecule has 102 valence electrons. The molecule has 1 aromatic rings. The van der Waals surface area contributed by atoms with Gasteiger partial charge in [0.2, 0.25) is 5.91 Å². The minimum Gasteiger partial charge on any atom is -0.497 e. The molecule has 2 unspecified atom stereocenters. The lowest BCUT2D eigenvalue weighted by atomic mass is 9.86. The van der Waals surface area contributed by atoms with Crippen LogP contribution in [0.15, 0.2) is 24.3 Å². The fourth-order valence-electron chi connectivity index (χ4n) is 2.29. The number of benzene rings is 1. The minimum absolute atomic E-state index is 0.0697. The van der Waals surface area contributed by atoms with Crippen LogP contribution in [0.1, 0.15) is 17.9 Å². The van der Waals surface area contributed by atoms with Gasteiger partial charge in [-0.15, -0.1) is 0 Å². The molecule has 0 radical (unpaired) electrons. The Morgan fingerprint density at radius 3 is 2.68 bits per heavy atom. The average Bonchev–Trinajstić information content (AvgIpc) is 2.38. The summed E-state index contributed by atoms with van der Waals surface area (Å²) in [6, 6.07) is 7.02. The number of rotatable bonds is 3. The Balaban J connectivity index is 2.18. The van der Waals surface area contributed by atoms with Crippen LogP contribution >= 0.6 is 0 Å². The molecule has 1 aliphatic rings. The smallest absolute Gasteiger partial charge is 0.404 e. The van der Waals surface area contributed by atoms with E-state index in [2.05, 4.69) is 10.6 Å². The zero-order valence-corrected chi connectivity index (χ0v) is 10.6. The highest BCUT2D eigenvalue weighted by Gasteiger charge is 2.31. The molecule has 0 bridgehead atoms. The lowest BCUT2D eigenvalue weighted by Crippen LogP contribution is -2.50. The fraction of sp³-hybridized carbons (Fsp3) is 0.385. The quantitative estimate of drug-likeness (QED) is 0.758. The van der Waals surface area contributed by atoms with E-state index in [1.165, 1.54) is 0 Å². The van der Waals surface area contributed by atoms with Crippen molar-refractivity contribution < 1.29 is 19.4 Å². The van der Waals surface area contributed by atoms with Crippen LogP contribution in [0.2, 0.25) is 0 Å². The number of hydrogen-bond donors (Lipinski definition) is 3. The zero-order valence-electron chi connectivity index (χ0n) is 10.6. The summed E-state index contributed by atoms with van der Waals surface area (Å²) >= 11 is 0. The molecule has 1 heterocycles. The van der Waals surface area contributed by atoms with Gasteiger partial charge in [0.25, 0.3) is 0 Å². The van der Waals surface area contributed by atoms with Gasteiger partial charge in [0.15, 0.2) is 0 Å². The Morgan fingerprint density at radius 1 is 1.42 bits per heavy atom. The maximum Gasteiger partial charge on any atom is 0.404 e. The van der Waals surface area contributed by atoms with Crippen molar-refractivity contribution in [3.63, 3.8) is 0 Å². The number of carbonyl (C=O) groups excluding carboxylic acids is 1. The van der Waals surface area contributed by atoms with E-state index in [4.69, 9.17) is 9.84 Å². The van der Waals surface area contributed by atoms with E-state index in [1.54, 1.807) is 7.11 Å². The maximum atomic E-state index is 11.4. The van der Waals surface area contributed by atoms with Crippen molar-refractivity contribution in [2.24, 2.45) is 0 Å². The topological polar surface area (TPSA) is 87.7 Å². The third-order valence-electron chi connectivity index (χ3n) is 3.26. The number of carbonyl (C=O) groups is 2. The monoisotopic (exact) mass is 264 g/mol. The Bertz CT molecular complexity index is 470. The highest BCUT2D eigenvalue weighted by atomic mass is 16.5. The molecule has 2 atom stereocenters. The van der Waals surface area contributed by atoms with Gasteiger partial charge < -0.3 is 20.5 Å². The second kappa shape index (κ2) is 5.60. The molecule has 3 N–H and O–H groups in total. The summed E-state index contributed by atoms with van der Waals surface area (Å²) in [7, 11) is 1.59. The standard InChI is InChI=1S/C13H16N2O4/c1-19-9-4-2-8(3-5-9)10-7-14-12(16)6-11(10)15-13(17)18/h2-5,10-11,15H,6-7H2,1H3,(H,14,16)(H,17,18). The summed E-state index contributed by atoms with van der Waals surface area (Å²) in [5, 5.41) is 14.0. The van der Waals surface area contributed by atoms with Crippen LogP contribution in [0.3, 0.4) is 0 Å². The van der Waals surface area contributed by atoms with E-state index in [0.29, 0.717) is 6.54 Å². The summed E-state index contributed by atoms with van der Waals surface area (Å²) in [6.07, 6.45) is -0.957. The van der Waals surface area contributed by atoms with Crippen LogP contribution < -0.4 is 15.4 Å². The number of piperidine rings is 1. The van der Waals surface area contributed by atoms with Gasteiger partial charge in [-0.2, -0.15) is 0 Å². The van der Waals surface area contributed by atoms with Crippen molar-refractivity contribution in [3.8, 4) is 5.75 Å². The lowest BCUT2D eigenvalue weighted by Gasteiger charge is -2.31. The van der Waals surface area contributed by atoms with E-state index in [9.17, 15) is 9.59 Å². The third-order valence-corrected chi connectivity index (χ3v) is 3.26. The molecule has 1 fully saturated rings. The highest BCUT2D eigenvalue weighted by Crippen LogP contribution is 2.26. The molecule has 1 aromatic carbocycles. The van der Waals surface area contributed by atoms with Crippen LogP contribution in [0.25, 0.3) is 0 Å². The summed E-state index contributed by atoms with van der Waals surface area (Å²) in [6.45, 7) is 0.427. The summed E-state index contributed by atoms with van der Waals surface area (Å²) in [5.74, 6) is 0.537. The van der Waals surface area contributed by atoms with Crippen LogP contribution in [0, 0.1) is 0 Å². The molecule has 6 heteroatoms. The molecule has 0 spiro atoms. The zero-order chi connectivity index (χ0) is 13.8. The van der Waals surface area contributed by atoms with Gasteiger partial charge in [0, 0.05) is 24.9 Å². The number of amides is 2. The van der Waals surface area contributed by atoms with E-state index in [1.807, 2.05) is 24.3 Å². The van der Waals surface area contributed by atoms with Crippen molar-refractivity contribution >= 4 is 12.0 Å². The normalized spacial score (nSPS) is 22.5. The number of hydrogen-bond acceptors (Lipinski definition) is 3. The van der Waals surface area contributed by atoms with Crippen LogP contribution in [0.5, 0.6) is 5.75 Å². The second-order valence-electron chi connectivity index (χ2n) is 4.44. The molecule has 0 saturated carbocycles. The second-order valence-corrected chi connectivity index (χ2v) is 4.44. The van der Waals surface area contributed by atoms with Crippen molar-refractivity contribution in [2.75, 3.05) is 13.7 Å². The van der Waals surface area contributed by atoms with Gasteiger partial charge in [-0.1, -0.05) is 12.1 Å². The predicted octanol–water partition coefficient (Wildman–Crippen LogP) is 0.935. The first-order valence-electron chi connectivity index (χ1n) is 6.00. The number of methoxy groups -OCH3 is 1. The van der Waals surface area contributed by atoms with Crippen molar-refractivity contribution in [2.45, 2.75) is 18.4 Å². The lowest BCUT2D eigenvalue weighted by molar-refractivity contribution is -0.123. The first-order chi connectivity index (χ1) is 9.10. The van der Waals surface area contributed by atoms with Gasteiger partial charge in [0.05, 0.1) is 7.11 Å². The molecule has 1 aliphatic heterocycles. The van der Waals surface area contributed by atoms with Crippen LogP contribution in [-0.2, 0) is 4.79 Å². The summed E-state index contributed by atoms with van der Waals surface area (Å²) in [4.78, 5) is 22.2. The van der Waals surface area contributed by atoms with Crippen molar-refractivity contribution in [1.29, 1.82) is 0 Å². The number of ether oxygens (including phenoxy) is 1. The molecule has 0 aliphatic carbocycles. The van der Waals surface area contributed by atoms with Gasteiger partial charge in [0.1, 0.15) is 5.75 Å². The van der Waals surface area contributed by atoms with Gasteiger partial charge >= 0.3 is 6.09 Å². The average molecular weight is 264 g/mol. The van der Waals surface area contributed by atoms with Crippen molar-refractivity contribution in [1.82, 2.24) is 10.6 Å². The van der Waals surface area contributed by atoms with E-state index in [-0.39, 0.29) is 18.2 Å². The SMILES string of the molecule is COc1ccc(C2CNC(=O)CC2NC(=O)O)cc1. The van der Waals surface area contributed by atoms with E-state index in [0.717, 1.165) is 11.3 Å². The first-order valence-corrected chi connectivity index (χ1v) is 6.00. The van der Waals surface area contributed by atoms with Crippen LogP contribution in [0.4, 0.5) is 4.79 Å². The summed E-state index contributed by atoms with van der Waals surface area (Å²) < 4.78 is 5.09. The molecule has 2 amide bonds. The molecule has 1 saturated heterocycles. The fourth-order valence-corrected chi connectivity index (χ4v) is 2.29. The maximum absolute atomic E-state index is 11.4. The largest absolute Gasteiger partial charge is 0.497 e. The molecule has 6 nitrogen and oxygen atoms in total. The Hall–Kier alpha value is -2.24. The predicted molar refractivity (Wildman–Crippen MR) is 68.3 cm³/mol. The highest BCUT2D eigenvalue weighted by molar-refractivity contribution is 5.79. The van der Waals surface area contributed by atoms with Crippen LogP contribution in [-0.4, -0.2) is 36.8 Å². The Morgan fingerprint density at radius 2 is 2.11 bits per heavy atom. The Labute approximate surface area is 110 Å². The third kappa shape index (κ3) is 3.15. The van der Waals surface area contributed by atoms with Gasteiger partial charge in [-0.05, 0) is 17.7 Å². The molecule has 0 aromatic heterocycles. The van der Waals surface area contributed by atoms with Crippen molar-refractivity contribution in [3.05, 3.63) is 29.8 Å². The molecule has 19 heavy (non-hydrogen) atoms. The minimum atomic E-state index is -1.11. The Kier molecular flexibility index (Phi) is 3.89. The molecular weight excluding hydrogens is 248 g/mol. The van der Waals surface area contributed by atoms with Gasteiger partial charge in [-0.25, -0.2) is 4.79 Å². The first kappa shape index (κ1) is 13.2.